The third-order valence-electron chi connectivity index (χ3n) is 2.25. The number of methoxy groups -OCH3 is 1. The standard InChI is InChI=1S/C13H19NO3/c1-11(13(15)14-9-6-10-16-2)17-12-7-4-3-5-8-12/h3-5,7-8,11H,6,9-10H2,1-2H3,(H,14,15)/t11-/m1/s1. The zero-order valence-electron chi connectivity index (χ0n) is 10.3. The molecular formula is C13H19NO3. The summed E-state index contributed by atoms with van der Waals surface area (Å²) in [4.78, 5) is 11.6. The first-order valence-corrected chi connectivity index (χ1v) is 5.72. The second-order valence-electron chi connectivity index (χ2n) is 3.71. The van der Waals surface area contributed by atoms with Gasteiger partial charge in [0.2, 0.25) is 0 Å². The Morgan fingerprint density at radius 3 is 2.71 bits per heavy atom. The predicted molar refractivity (Wildman–Crippen MR) is 66.0 cm³/mol. The second-order valence-corrected chi connectivity index (χ2v) is 3.71. The molecule has 1 N–H and O–H groups in total. The van der Waals surface area contributed by atoms with Gasteiger partial charge in [-0.2, -0.15) is 0 Å². The van der Waals surface area contributed by atoms with Gasteiger partial charge in [-0.25, -0.2) is 0 Å². The maximum Gasteiger partial charge on any atom is 0.260 e. The fourth-order valence-corrected chi connectivity index (χ4v) is 1.33. The number of carbonyl (C=O) groups excluding carboxylic acids is 1. The number of amides is 1. The monoisotopic (exact) mass is 237 g/mol. The van der Waals surface area contributed by atoms with Gasteiger partial charge in [0.15, 0.2) is 6.10 Å². The lowest BCUT2D eigenvalue weighted by molar-refractivity contribution is -0.127. The normalized spacial score (nSPS) is 11.9. The smallest absolute Gasteiger partial charge is 0.260 e. The van der Waals surface area contributed by atoms with Crippen LogP contribution in [0.1, 0.15) is 13.3 Å². The van der Waals surface area contributed by atoms with Crippen LogP contribution in [0.15, 0.2) is 30.3 Å². The summed E-state index contributed by atoms with van der Waals surface area (Å²) in [6.45, 7) is 2.99. The Labute approximate surface area is 102 Å². The van der Waals surface area contributed by atoms with E-state index >= 15 is 0 Å². The van der Waals surface area contributed by atoms with Gasteiger partial charge in [0.1, 0.15) is 5.75 Å². The highest BCUT2D eigenvalue weighted by molar-refractivity contribution is 5.80. The van der Waals surface area contributed by atoms with Crippen LogP contribution in [0, 0.1) is 0 Å². The molecule has 0 saturated heterocycles. The van der Waals surface area contributed by atoms with Crippen molar-refractivity contribution in [3.63, 3.8) is 0 Å². The van der Waals surface area contributed by atoms with Gasteiger partial charge < -0.3 is 14.8 Å². The van der Waals surface area contributed by atoms with Gasteiger partial charge in [-0.05, 0) is 25.5 Å². The molecule has 0 bridgehead atoms. The Balaban J connectivity index is 2.27. The van der Waals surface area contributed by atoms with E-state index < -0.39 is 6.10 Å². The summed E-state index contributed by atoms with van der Waals surface area (Å²) in [6.07, 6.45) is 0.320. The number of carbonyl (C=O) groups is 1. The van der Waals surface area contributed by atoms with Gasteiger partial charge in [0.25, 0.3) is 5.91 Å². The van der Waals surface area contributed by atoms with Crippen LogP contribution in [0.4, 0.5) is 0 Å². The molecule has 0 aliphatic carbocycles. The SMILES string of the molecule is COCCCNC(=O)[C@@H](C)Oc1ccccc1. The molecule has 17 heavy (non-hydrogen) atoms. The molecular weight excluding hydrogens is 218 g/mol. The number of para-hydroxylation sites is 1. The van der Waals surface area contributed by atoms with Crippen LogP contribution in [0.5, 0.6) is 5.75 Å². The molecule has 0 radical (unpaired) electrons. The van der Waals surface area contributed by atoms with Crippen LogP contribution in [-0.4, -0.2) is 32.3 Å². The van der Waals surface area contributed by atoms with E-state index in [4.69, 9.17) is 9.47 Å². The summed E-state index contributed by atoms with van der Waals surface area (Å²) in [5.74, 6) is 0.594. The zero-order chi connectivity index (χ0) is 12.5. The van der Waals surface area contributed by atoms with E-state index in [1.807, 2.05) is 30.3 Å². The first kappa shape index (κ1) is 13.5. The van der Waals surface area contributed by atoms with Gasteiger partial charge in [-0.1, -0.05) is 18.2 Å². The van der Waals surface area contributed by atoms with E-state index in [1.165, 1.54) is 0 Å². The van der Waals surface area contributed by atoms with Gasteiger partial charge in [-0.3, -0.25) is 4.79 Å². The lowest BCUT2D eigenvalue weighted by Gasteiger charge is -2.14. The number of rotatable bonds is 7. The number of hydrogen-bond donors (Lipinski definition) is 1. The molecule has 1 aromatic rings. The molecule has 4 heteroatoms. The minimum Gasteiger partial charge on any atom is -0.481 e. The lowest BCUT2D eigenvalue weighted by Crippen LogP contribution is -2.37. The minimum absolute atomic E-state index is 0.107. The van der Waals surface area contributed by atoms with Crippen molar-refractivity contribution in [2.45, 2.75) is 19.4 Å². The quantitative estimate of drug-likeness (QED) is 0.733. The molecule has 1 amide bonds. The zero-order valence-corrected chi connectivity index (χ0v) is 10.3. The molecule has 0 unspecified atom stereocenters. The van der Waals surface area contributed by atoms with E-state index in [9.17, 15) is 4.79 Å². The Bertz CT molecular complexity index is 327. The summed E-state index contributed by atoms with van der Waals surface area (Å²) in [6, 6.07) is 9.31. The summed E-state index contributed by atoms with van der Waals surface area (Å²) in [7, 11) is 1.64. The Morgan fingerprint density at radius 2 is 2.06 bits per heavy atom. The topological polar surface area (TPSA) is 47.6 Å². The van der Waals surface area contributed by atoms with Crippen molar-refractivity contribution in [1.29, 1.82) is 0 Å². The van der Waals surface area contributed by atoms with Crippen LogP contribution >= 0.6 is 0 Å². The fourth-order valence-electron chi connectivity index (χ4n) is 1.33. The van der Waals surface area contributed by atoms with Crippen molar-refractivity contribution in [3.05, 3.63) is 30.3 Å². The first-order valence-electron chi connectivity index (χ1n) is 5.72. The average molecular weight is 237 g/mol. The highest BCUT2D eigenvalue weighted by Gasteiger charge is 2.13. The molecule has 4 nitrogen and oxygen atoms in total. The van der Waals surface area contributed by atoms with Crippen molar-refractivity contribution < 1.29 is 14.3 Å². The fraction of sp³-hybridized carbons (Fsp3) is 0.462. The summed E-state index contributed by atoms with van der Waals surface area (Å²) >= 11 is 0. The summed E-state index contributed by atoms with van der Waals surface area (Å²) in [5, 5.41) is 2.79. The molecule has 0 aliphatic heterocycles. The molecule has 0 saturated carbocycles. The van der Waals surface area contributed by atoms with Gasteiger partial charge in [0, 0.05) is 20.3 Å². The van der Waals surface area contributed by atoms with Crippen LogP contribution < -0.4 is 10.1 Å². The second kappa shape index (κ2) is 7.68. The van der Waals surface area contributed by atoms with Gasteiger partial charge >= 0.3 is 0 Å². The third-order valence-corrected chi connectivity index (χ3v) is 2.25. The third kappa shape index (κ3) is 5.36. The van der Waals surface area contributed by atoms with E-state index in [1.54, 1.807) is 14.0 Å². The Morgan fingerprint density at radius 1 is 1.35 bits per heavy atom. The van der Waals surface area contributed by atoms with Crippen molar-refractivity contribution >= 4 is 5.91 Å². The highest BCUT2D eigenvalue weighted by Crippen LogP contribution is 2.10. The van der Waals surface area contributed by atoms with E-state index in [-0.39, 0.29) is 5.91 Å². The molecule has 1 rings (SSSR count). The highest BCUT2D eigenvalue weighted by atomic mass is 16.5. The van der Waals surface area contributed by atoms with E-state index in [0.29, 0.717) is 18.9 Å². The Kier molecular flexibility index (Phi) is 6.10. The maximum atomic E-state index is 11.6. The van der Waals surface area contributed by atoms with Gasteiger partial charge in [0.05, 0.1) is 0 Å². The lowest BCUT2D eigenvalue weighted by atomic mass is 10.3. The van der Waals surface area contributed by atoms with Gasteiger partial charge in [-0.15, -0.1) is 0 Å². The van der Waals surface area contributed by atoms with Crippen LogP contribution in [-0.2, 0) is 9.53 Å². The van der Waals surface area contributed by atoms with Crippen molar-refractivity contribution in [2.24, 2.45) is 0 Å². The number of benzene rings is 1. The summed E-state index contributed by atoms with van der Waals surface area (Å²) < 4.78 is 10.4. The molecule has 0 spiro atoms. The van der Waals surface area contributed by atoms with Crippen LogP contribution in [0.3, 0.4) is 0 Å². The molecule has 0 aliphatic rings. The van der Waals surface area contributed by atoms with Crippen molar-refractivity contribution in [2.75, 3.05) is 20.3 Å². The first-order chi connectivity index (χ1) is 8.24. The Hall–Kier alpha value is -1.55. The largest absolute Gasteiger partial charge is 0.481 e. The van der Waals surface area contributed by atoms with Crippen LogP contribution in [0.25, 0.3) is 0 Å². The number of ether oxygens (including phenoxy) is 2. The molecule has 0 fully saturated rings. The van der Waals surface area contributed by atoms with E-state index in [0.717, 1.165) is 6.42 Å². The maximum absolute atomic E-state index is 11.6. The molecule has 1 aromatic carbocycles. The number of nitrogens with one attached hydrogen (secondary N) is 1. The van der Waals surface area contributed by atoms with Crippen molar-refractivity contribution in [3.8, 4) is 5.75 Å². The summed E-state index contributed by atoms with van der Waals surface area (Å²) in [5.41, 5.74) is 0. The average Bonchev–Trinajstić information content (AvgIpc) is 2.35. The predicted octanol–water partition coefficient (Wildman–Crippen LogP) is 1.61. The van der Waals surface area contributed by atoms with Crippen LogP contribution in [0.2, 0.25) is 0 Å². The molecule has 94 valence electrons. The molecule has 0 heterocycles. The van der Waals surface area contributed by atoms with Crippen molar-refractivity contribution in [1.82, 2.24) is 5.32 Å². The molecule has 1 atom stereocenters. The molecule has 0 aromatic heterocycles. The van der Waals surface area contributed by atoms with E-state index in [2.05, 4.69) is 5.32 Å². The minimum atomic E-state index is -0.486. The number of hydrogen-bond acceptors (Lipinski definition) is 3.